The number of unbranched alkanes of at least 4 members (excludes halogenated alkanes) is 3. The molecule has 148 valence electrons. The summed E-state index contributed by atoms with van der Waals surface area (Å²) in [5.41, 5.74) is 0. The first-order chi connectivity index (χ1) is 12.7. The van der Waals surface area contributed by atoms with E-state index in [4.69, 9.17) is 20.1 Å². The number of carboxylic acid groups (broad SMARTS) is 1. The van der Waals surface area contributed by atoms with Gasteiger partial charge in [-0.2, -0.15) is 0 Å². The van der Waals surface area contributed by atoms with Crippen LogP contribution in [-0.4, -0.2) is 34.6 Å². The molecule has 2 rings (SSSR count). The second-order valence-corrected chi connectivity index (χ2v) is 7.26. The molecule has 2 N–H and O–H groups in total. The molecular formula is C20H32O6. The molecule has 1 aliphatic heterocycles. The third kappa shape index (κ3) is 6.50. The average Bonchev–Trinajstić information content (AvgIpc) is 3.22. The summed E-state index contributed by atoms with van der Waals surface area (Å²) in [6.45, 7) is 2.15. The lowest BCUT2D eigenvalue weighted by Gasteiger charge is -2.27. The Bertz CT molecular complexity index is 475. The molecule has 1 saturated carbocycles. The van der Waals surface area contributed by atoms with Crippen molar-refractivity contribution in [1.82, 2.24) is 0 Å². The molecule has 1 saturated heterocycles. The van der Waals surface area contributed by atoms with Gasteiger partial charge in [-0.3, -0.25) is 10.1 Å². The third-order valence-electron chi connectivity index (χ3n) is 5.28. The van der Waals surface area contributed by atoms with E-state index in [1.54, 1.807) is 0 Å². The summed E-state index contributed by atoms with van der Waals surface area (Å²) in [4.78, 5) is 25.9. The van der Waals surface area contributed by atoms with E-state index in [9.17, 15) is 4.79 Å². The maximum absolute atomic E-state index is 10.5. The molecule has 0 amide bonds. The van der Waals surface area contributed by atoms with E-state index in [0.29, 0.717) is 12.3 Å². The summed E-state index contributed by atoms with van der Waals surface area (Å²) in [7, 11) is 0. The highest BCUT2D eigenvalue weighted by molar-refractivity contribution is 5.66. The van der Waals surface area contributed by atoms with Gasteiger partial charge in [0.1, 0.15) is 12.2 Å². The lowest BCUT2D eigenvalue weighted by molar-refractivity contribution is -0.336. The third-order valence-corrected chi connectivity index (χ3v) is 5.28. The molecule has 26 heavy (non-hydrogen) atoms. The Morgan fingerprint density at radius 2 is 2.04 bits per heavy atom. The normalized spacial score (nSPS) is 29.2. The molecule has 1 aliphatic carbocycles. The van der Waals surface area contributed by atoms with Crippen LogP contribution in [0, 0.1) is 11.8 Å². The summed E-state index contributed by atoms with van der Waals surface area (Å²) >= 11 is 0. The number of carboxylic acids is 1. The monoisotopic (exact) mass is 368 g/mol. The van der Waals surface area contributed by atoms with Gasteiger partial charge in [-0.25, -0.2) is 14.7 Å². The number of allylic oxidation sites excluding steroid dienone is 2. The van der Waals surface area contributed by atoms with Crippen LogP contribution < -0.4 is 0 Å². The van der Waals surface area contributed by atoms with Crippen molar-refractivity contribution in [1.29, 1.82) is 0 Å². The number of aliphatic carboxylic acids is 1. The van der Waals surface area contributed by atoms with E-state index in [-0.39, 0.29) is 30.7 Å². The van der Waals surface area contributed by atoms with Crippen LogP contribution >= 0.6 is 0 Å². The van der Waals surface area contributed by atoms with Crippen molar-refractivity contribution in [2.24, 2.45) is 11.8 Å². The highest BCUT2D eigenvalue weighted by atomic mass is 17.2. The van der Waals surface area contributed by atoms with E-state index in [1.165, 1.54) is 0 Å². The predicted molar refractivity (Wildman–Crippen MR) is 97.4 cm³/mol. The number of hydrogen-bond donors (Lipinski definition) is 2. The minimum Gasteiger partial charge on any atom is -0.481 e. The van der Waals surface area contributed by atoms with Crippen LogP contribution in [-0.2, 0) is 19.5 Å². The van der Waals surface area contributed by atoms with Crippen LogP contribution in [0.4, 0.5) is 0 Å². The largest absolute Gasteiger partial charge is 0.481 e. The maximum atomic E-state index is 10.5. The molecule has 5 atom stereocenters. The molecule has 0 aromatic heterocycles. The van der Waals surface area contributed by atoms with Crippen molar-refractivity contribution in [2.45, 2.75) is 83.0 Å². The van der Waals surface area contributed by atoms with Crippen LogP contribution in [0.5, 0.6) is 0 Å². The van der Waals surface area contributed by atoms with Gasteiger partial charge in [0.25, 0.3) is 0 Å². The fraction of sp³-hybridized carbons (Fsp3) is 0.750. The molecule has 2 fully saturated rings. The first-order valence-electron chi connectivity index (χ1n) is 9.83. The zero-order valence-electron chi connectivity index (χ0n) is 15.6. The summed E-state index contributed by atoms with van der Waals surface area (Å²) in [6.07, 6.45) is 15.7. The Hall–Kier alpha value is -1.21. The van der Waals surface area contributed by atoms with Crippen molar-refractivity contribution >= 4 is 5.97 Å². The van der Waals surface area contributed by atoms with Crippen LogP contribution in [0.25, 0.3) is 0 Å². The molecule has 6 heteroatoms. The lowest BCUT2D eigenvalue weighted by atomic mass is 9.89. The van der Waals surface area contributed by atoms with Gasteiger partial charge in [0.05, 0.1) is 6.10 Å². The van der Waals surface area contributed by atoms with E-state index < -0.39 is 5.97 Å². The summed E-state index contributed by atoms with van der Waals surface area (Å²) in [6, 6.07) is 0. The van der Waals surface area contributed by atoms with E-state index >= 15 is 0 Å². The standard InChI is InChI=1S/C20H32O6/c1-2-3-6-9-15(24-23)12-13-17-16(18-14-19(17)26-25-18)10-7-4-5-8-11-20(21)22/h4,7,12-13,15-19,23H,2-3,5-6,8-11,14H2,1H3,(H,21,22)/b7-4+,13-12+. The van der Waals surface area contributed by atoms with Gasteiger partial charge in [0.15, 0.2) is 0 Å². The molecule has 0 radical (unpaired) electrons. The van der Waals surface area contributed by atoms with Crippen molar-refractivity contribution in [2.75, 3.05) is 0 Å². The Balaban J connectivity index is 1.82. The van der Waals surface area contributed by atoms with Crippen LogP contribution in [0.1, 0.15) is 64.7 Å². The van der Waals surface area contributed by atoms with Crippen molar-refractivity contribution in [3.05, 3.63) is 24.3 Å². The minimum atomic E-state index is -0.748. The van der Waals surface area contributed by atoms with Gasteiger partial charge in [-0.1, -0.05) is 50.5 Å². The molecule has 0 spiro atoms. The summed E-state index contributed by atoms with van der Waals surface area (Å²) < 4.78 is 0. The van der Waals surface area contributed by atoms with Crippen LogP contribution in [0.2, 0.25) is 0 Å². The average molecular weight is 368 g/mol. The Morgan fingerprint density at radius 1 is 1.23 bits per heavy atom. The van der Waals surface area contributed by atoms with Crippen LogP contribution in [0.15, 0.2) is 24.3 Å². The Labute approximate surface area is 155 Å². The first-order valence-corrected chi connectivity index (χ1v) is 9.83. The molecule has 5 unspecified atom stereocenters. The van der Waals surface area contributed by atoms with Crippen molar-refractivity contribution in [3.8, 4) is 0 Å². The smallest absolute Gasteiger partial charge is 0.303 e. The van der Waals surface area contributed by atoms with E-state index in [2.05, 4.69) is 30.0 Å². The number of carbonyl (C=O) groups is 1. The molecule has 2 bridgehead atoms. The fourth-order valence-corrected chi connectivity index (χ4v) is 3.79. The van der Waals surface area contributed by atoms with Crippen LogP contribution in [0.3, 0.4) is 0 Å². The molecule has 1 heterocycles. The second kappa shape index (κ2) is 11.5. The van der Waals surface area contributed by atoms with Gasteiger partial charge in [-0.05, 0) is 25.7 Å². The Kier molecular flexibility index (Phi) is 9.32. The number of hydrogen-bond acceptors (Lipinski definition) is 5. The molecule has 0 aromatic rings. The maximum Gasteiger partial charge on any atom is 0.303 e. The SMILES string of the molecule is CCCCCC(/C=C/C1C2CC(OO2)C1C/C=C/CCCC(=O)O)OO. The van der Waals surface area contributed by atoms with Crippen molar-refractivity contribution in [3.63, 3.8) is 0 Å². The summed E-state index contributed by atoms with van der Waals surface area (Å²) in [5, 5.41) is 17.8. The minimum absolute atomic E-state index is 0.0663. The fourth-order valence-electron chi connectivity index (χ4n) is 3.79. The van der Waals surface area contributed by atoms with Gasteiger partial charge in [-0.15, -0.1) is 0 Å². The first kappa shape index (κ1) is 21.1. The quantitative estimate of drug-likeness (QED) is 0.215. The Morgan fingerprint density at radius 3 is 2.77 bits per heavy atom. The van der Waals surface area contributed by atoms with Gasteiger partial charge >= 0.3 is 5.97 Å². The van der Waals surface area contributed by atoms with Gasteiger partial charge in [0, 0.05) is 24.7 Å². The molecule has 2 aliphatic rings. The van der Waals surface area contributed by atoms with E-state index in [1.807, 2.05) is 6.08 Å². The van der Waals surface area contributed by atoms with Crippen molar-refractivity contribution < 1.29 is 29.8 Å². The highest BCUT2D eigenvalue weighted by Gasteiger charge is 2.49. The molecular weight excluding hydrogens is 336 g/mol. The molecule has 6 nitrogen and oxygen atoms in total. The number of rotatable bonds is 13. The zero-order valence-corrected chi connectivity index (χ0v) is 15.6. The summed E-state index contributed by atoms with van der Waals surface area (Å²) in [5.74, 6) is -0.154. The van der Waals surface area contributed by atoms with Gasteiger partial charge < -0.3 is 5.11 Å². The topological polar surface area (TPSA) is 85.2 Å². The lowest BCUT2D eigenvalue weighted by Crippen LogP contribution is -2.29. The predicted octanol–water partition coefficient (Wildman–Crippen LogP) is 4.52. The number of fused-ring (bicyclic) bond motifs is 2. The highest BCUT2D eigenvalue weighted by Crippen LogP contribution is 2.44. The second-order valence-electron chi connectivity index (χ2n) is 7.26. The zero-order chi connectivity index (χ0) is 18.8. The molecule has 0 aromatic carbocycles. The van der Waals surface area contributed by atoms with E-state index in [0.717, 1.165) is 44.9 Å². The van der Waals surface area contributed by atoms with Gasteiger partial charge in [0.2, 0.25) is 0 Å².